The topological polar surface area (TPSA) is 32.5 Å². The van der Waals surface area contributed by atoms with Crippen LogP contribution in [0.1, 0.15) is 24.9 Å². The Kier molecular flexibility index (Phi) is 4.75. The molecule has 1 aromatic rings. The van der Waals surface area contributed by atoms with Crippen LogP contribution in [0.5, 0.6) is 0 Å². The van der Waals surface area contributed by atoms with E-state index in [4.69, 9.17) is 5.73 Å². The molecule has 2 rings (SSSR count). The molecule has 0 aliphatic carbocycles. The van der Waals surface area contributed by atoms with E-state index in [0.29, 0.717) is 12.1 Å². The third kappa shape index (κ3) is 3.10. The molecular formula is C15H25N3. The number of rotatable bonds is 3. The molecule has 1 aliphatic rings. The predicted molar refractivity (Wildman–Crippen MR) is 76.5 cm³/mol. The van der Waals surface area contributed by atoms with Crippen molar-refractivity contribution in [1.82, 2.24) is 9.80 Å². The summed E-state index contributed by atoms with van der Waals surface area (Å²) in [7, 11) is 2.19. The van der Waals surface area contributed by atoms with E-state index in [0.717, 1.165) is 26.2 Å². The second kappa shape index (κ2) is 6.32. The van der Waals surface area contributed by atoms with Crippen molar-refractivity contribution in [1.29, 1.82) is 0 Å². The highest BCUT2D eigenvalue weighted by atomic mass is 15.2. The van der Waals surface area contributed by atoms with Crippen molar-refractivity contribution in [3.63, 3.8) is 0 Å². The smallest absolute Gasteiger partial charge is 0.0342 e. The van der Waals surface area contributed by atoms with E-state index < -0.39 is 0 Å². The summed E-state index contributed by atoms with van der Waals surface area (Å²) in [5.41, 5.74) is 7.30. The van der Waals surface area contributed by atoms with E-state index in [1.165, 1.54) is 12.0 Å². The van der Waals surface area contributed by atoms with Gasteiger partial charge in [-0.1, -0.05) is 30.3 Å². The summed E-state index contributed by atoms with van der Waals surface area (Å²) in [6, 6.07) is 11.7. The van der Waals surface area contributed by atoms with Gasteiger partial charge in [0.25, 0.3) is 0 Å². The van der Waals surface area contributed by atoms with E-state index in [-0.39, 0.29) is 0 Å². The molecule has 0 bridgehead atoms. The zero-order valence-electron chi connectivity index (χ0n) is 11.5. The van der Waals surface area contributed by atoms with Crippen molar-refractivity contribution in [2.24, 2.45) is 5.73 Å². The highest BCUT2D eigenvalue weighted by molar-refractivity contribution is 5.18. The van der Waals surface area contributed by atoms with Gasteiger partial charge in [0.05, 0.1) is 0 Å². The van der Waals surface area contributed by atoms with Crippen LogP contribution < -0.4 is 5.73 Å². The summed E-state index contributed by atoms with van der Waals surface area (Å²) in [5.74, 6) is 0. The molecule has 100 valence electrons. The molecule has 1 fully saturated rings. The lowest BCUT2D eigenvalue weighted by molar-refractivity contribution is 0.177. The molecule has 1 aromatic carbocycles. The Hall–Kier alpha value is -0.900. The van der Waals surface area contributed by atoms with Gasteiger partial charge in [-0.25, -0.2) is 0 Å². The van der Waals surface area contributed by atoms with E-state index in [1.807, 2.05) is 0 Å². The molecule has 1 heterocycles. The Labute approximate surface area is 111 Å². The number of likely N-dealkylation sites (N-methyl/N-ethyl adjacent to an activating group) is 1. The molecule has 0 amide bonds. The van der Waals surface area contributed by atoms with Gasteiger partial charge in [0.1, 0.15) is 0 Å². The van der Waals surface area contributed by atoms with Crippen LogP contribution in [-0.4, -0.2) is 49.1 Å². The first-order valence-corrected chi connectivity index (χ1v) is 6.91. The maximum Gasteiger partial charge on any atom is 0.0342 e. The minimum Gasteiger partial charge on any atom is -0.329 e. The third-order valence-corrected chi connectivity index (χ3v) is 4.13. The normalized spacial score (nSPS) is 24.7. The van der Waals surface area contributed by atoms with Crippen LogP contribution in [0.25, 0.3) is 0 Å². The van der Waals surface area contributed by atoms with Crippen LogP contribution in [0.2, 0.25) is 0 Å². The van der Waals surface area contributed by atoms with Crippen LogP contribution in [-0.2, 0) is 0 Å². The maximum atomic E-state index is 5.90. The fraction of sp³-hybridized carbons (Fsp3) is 0.600. The summed E-state index contributed by atoms with van der Waals surface area (Å²) >= 11 is 0. The van der Waals surface area contributed by atoms with Gasteiger partial charge in [-0.15, -0.1) is 0 Å². The number of nitrogens with two attached hydrogens (primary N) is 1. The summed E-state index contributed by atoms with van der Waals surface area (Å²) in [5, 5.41) is 0. The van der Waals surface area contributed by atoms with Gasteiger partial charge < -0.3 is 10.6 Å². The average Bonchev–Trinajstić information content (AvgIpc) is 2.60. The van der Waals surface area contributed by atoms with Gasteiger partial charge in [-0.3, -0.25) is 4.90 Å². The molecular weight excluding hydrogens is 222 g/mol. The summed E-state index contributed by atoms with van der Waals surface area (Å²) in [6.45, 7) is 6.43. The first-order valence-electron chi connectivity index (χ1n) is 6.91. The molecule has 1 saturated heterocycles. The summed E-state index contributed by atoms with van der Waals surface area (Å²) in [4.78, 5) is 4.97. The van der Waals surface area contributed by atoms with Crippen molar-refractivity contribution in [2.75, 3.05) is 33.2 Å². The Morgan fingerprint density at radius 3 is 2.67 bits per heavy atom. The number of hydrogen-bond donors (Lipinski definition) is 1. The third-order valence-electron chi connectivity index (χ3n) is 4.13. The van der Waals surface area contributed by atoms with Crippen LogP contribution in [0.15, 0.2) is 30.3 Å². The van der Waals surface area contributed by atoms with Crippen molar-refractivity contribution < 1.29 is 0 Å². The molecule has 0 spiro atoms. The highest BCUT2D eigenvalue weighted by Gasteiger charge is 2.24. The van der Waals surface area contributed by atoms with Crippen molar-refractivity contribution in [3.05, 3.63) is 35.9 Å². The quantitative estimate of drug-likeness (QED) is 0.882. The zero-order valence-corrected chi connectivity index (χ0v) is 11.5. The van der Waals surface area contributed by atoms with Gasteiger partial charge in [0, 0.05) is 31.7 Å². The Morgan fingerprint density at radius 1 is 1.28 bits per heavy atom. The van der Waals surface area contributed by atoms with Crippen molar-refractivity contribution in [3.8, 4) is 0 Å². The van der Waals surface area contributed by atoms with Gasteiger partial charge in [-0.2, -0.15) is 0 Å². The Balaban J connectivity index is 2.07. The van der Waals surface area contributed by atoms with Gasteiger partial charge >= 0.3 is 0 Å². The molecule has 2 atom stereocenters. The van der Waals surface area contributed by atoms with Crippen LogP contribution in [0.4, 0.5) is 0 Å². The zero-order chi connectivity index (χ0) is 13.0. The summed E-state index contributed by atoms with van der Waals surface area (Å²) < 4.78 is 0. The average molecular weight is 247 g/mol. The first kappa shape index (κ1) is 13.5. The van der Waals surface area contributed by atoms with Crippen LogP contribution >= 0.6 is 0 Å². The lowest BCUT2D eigenvalue weighted by Crippen LogP contribution is -2.44. The lowest BCUT2D eigenvalue weighted by Gasteiger charge is -2.32. The molecule has 3 nitrogen and oxygen atoms in total. The molecule has 2 unspecified atom stereocenters. The van der Waals surface area contributed by atoms with Gasteiger partial charge in [0.2, 0.25) is 0 Å². The van der Waals surface area contributed by atoms with E-state index >= 15 is 0 Å². The van der Waals surface area contributed by atoms with Crippen LogP contribution in [0, 0.1) is 0 Å². The number of benzene rings is 1. The number of nitrogens with zero attached hydrogens (tertiary/aromatic N) is 2. The van der Waals surface area contributed by atoms with Crippen LogP contribution in [0.3, 0.4) is 0 Å². The highest BCUT2D eigenvalue weighted by Crippen LogP contribution is 2.22. The number of hydrogen-bond acceptors (Lipinski definition) is 3. The largest absolute Gasteiger partial charge is 0.329 e. The Bertz CT molecular complexity index is 352. The fourth-order valence-corrected chi connectivity index (χ4v) is 2.76. The fourth-order valence-electron chi connectivity index (χ4n) is 2.76. The minimum atomic E-state index is 0.478. The van der Waals surface area contributed by atoms with Crippen molar-refractivity contribution in [2.45, 2.75) is 25.4 Å². The van der Waals surface area contributed by atoms with E-state index in [2.05, 4.69) is 54.1 Å². The molecule has 2 N–H and O–H groups in total. The van der Waals surface area contributed by atoms with Gasteiger partial charge in [0.15, 0.2) is 0 Å². The standard InChI is InChI=1S/C15H25N3/c1-13(14-7-4-3-5-8-14)18-10-6-9-17(2)15(11-16)12-18/h3-5,7-8,13,15H,6,9-12,16H2,1-2H3. The molecule has 0 radical (unpaired) electrons. The lowest BCUT2D eigenvalue weighted by atomic mass is 10.1. The van der Waals surface area contributed by atoms with Gasteiger partial charge in [-0.05, 0) is 32.5 Å². The van der Waals surface area contributed by atoms with E-state index in [9.17, 15) is 0 Å². The SMILES string of the molecule is CC(c1ccccc1)N1CCCN(C)C(CN)C1. The molecule has 18 heavy (non-hydrogen) atoms. The first-order chi connectivity index (χ1) is 8.72. The molecule has 0 aromatic heterocycles. The second-order valence-electron chi connectivity index (χ2n) is 5.31. The molecule has 0 saturated carbocycles. The minimum absolute atomic E-state index is 0.478. The summed E-state index contributed by atoms with van der Waals surface area (Å²) in [6.07, 6.45) is 1.23. The molecule has 3 heteroatoms. The predicted octanol–water partition coefficient (Wildman–Crippen LogP) is 1.71. The monoisotopic (exact) mass is 247 g/mol. The Morgan fingerprint density at radius 2 is 2.00 bits per heavy atom. The maximum absolute atomic E-state index is 5.90. The molecule has 1 aliphatic heterocycles. The van der Waals surface area contributed by atoms with Crippen molar-refractivity contribution >= 4 is 0 Å². The second-order valence-corrected chi connectivity index (χ2v) is 5.31. The van der Waals surface area contributed by atoms with E-state index in [1.54, 1.807) is 0 Å².